The highest BCUT2D eigenvalue weighted by Gasteiger charge is 2.34. The summed E-state index contributed by atoms with van der Waals surface area (Å²) < 4.78 is 0. The van der Waals surface area contributed by atoms with Crippen LogP contribution in [0.25, 0.3) is 0 Å². The van der Waals surface area contributed by atoms with Gasteiger partial charge < -0.3 is 0 Å². The van der Waals surface area contributed by atoms with Gasteiger partial charge in [-0.1, -0.05) is 48.0 Å². The van der Waals surface area contributed by atoms with Crippen molar-refractivity contribution in [1.82, 2.24) is 0 Å². The highest BCUT2D eigenvalue weighted by molar-refractivity contribution is 4.84. The molecule has 0 aromatic rings. The van der Waals surface area contributed by atoms with Crippen molar-refractivity contribution >= 4 is 0 Å². The Bertz CT molecular complexity index is 175. The van der Waals surface area contributed by atoms with Crippen molar-refractivity contribution in [2.45, 2.75) is 60.8 Å². The van der Waals surface area contributed by atoms with Gasteiger partial charge in [0.05, 0.1) is 0 Å². The maximum Gasteiger partial charge on any atom is -0.0354 e. The van der Waals surface area contributed by atoms with Crippen molar-refractivity contribution in [3.63, 3.8) is 0 Å². The predicted molar refractivity (Wildman–Crippen MR) is 64.3 cm³/mol. The molecule has 0 heterocycles. The minimum atomic E-state index is 0.486. The fourth-order valence-corrected chi connectivity index (χ4v) is 3.07. The summed E-state index contributed by atoms with van der Waals surface area (Å²) in [6, 6.07) is 0. The molecule has 1 saturated carbocycles. The van der Waals surface area contributed by atoms with Gasteiger partial charge in [0, 0.05) is 0 Å². The minimum absolute atomic E-state index is 0.486. The molecule has 1 aliphatic carbocycles. The van der Waals surface area contributed by atoms with Gasteiger partial charge in [0.25, 0.3) is 0 Å². The van der Waals surface area contributed by atoms with E-state index in [-0.39, 0.29) is 0 Å². The second-order valence-corrected chi connectivity index (χ2v) is 6.71. The lowest BCUT2D eigenvalue weighted by atomic mass is 9.64. The lowest BCUT2D eigenvalue weighted by Crippen LogP contribution is -2.33. The van der Waals surface area contributed by atoms with E-state index in [0.717, 1.165) is 23.7 Å². The lowest BCUT2D eigenvalue weighted by Gasteiger charge is -2.42. The second-order valence-electron chi connectivity index (χ2n) is 6.71. The zero-order valence-electron chi connectivity index (χ0n) is 10.9. The molecular weight excluding hydrogens is 168 g/mol. The first-order valence-corrected chi connectivity index (χ1v) is 6.32. The van der Waals surface area contributed by atoms with Crippen LogP contribution in [0.1, 0.15) is 60.8 Å². The standard InChI is InChI=1S/C14H28/c1-10-7-8-13(11(2)9-10)12(3)14(4,5)6/h10-13H,7-9H2,1-6H3. The molecular formula is C14H28. The smallest absolute Gasteiger partial charge is 0.0354 e. The Hall–Kier alpha value is 0. The Balaban J connectivity index is 2.60. The van der Waals surface area contributed by atoms with E-state index in [0.29, 0.717) is 5.41 Å². The number of hydrogen-bond acceptors (Lipinski definition) is 0. The van der Waals surface area contributed by atoms with E-state index >= 15 is 0 Å². The van der Waals surface area contributed by atoms with Crippen molar-refractivity contribution in [2.75, 3.05) is 0 Å². The number of hydrogen-bond donors (Lipinski definition) is 0. The molecule has 0 N–H and O–H groups in total. The molecule has 0 amide bonds. The molecule has 4 atom stereocenters. The molecule has 1 fully saturated rings. The molecule has 0 nitrogen and oxygen atoms in total. The molecule has 0 aliphatic heterocycles. The maximum atomic E-state index is 2.46. The molecule has 4 unspecified atom stereocenters. The molecule has 0 heteroatoms. The van der Waals surface area contributed by atoms with Crippen LogP contribution in [0.3, 0.4) is 0 Å². The van der Waals surface area contributed by atoms with Gasteiger partial charge >= 0.3 is 0 Å². The fourth-order valence-electron chi connectivity index (χ4n) is 3.07. The number of rotatable bonds is 1. The van der Waals surface area contributed by atoms with E-state index in [2.05, 4.69) is 41.5 Å². The van der Waals surface area contributed by atoms with Crippen LogP contribution >= 0.6 is 0 Å². The summed E-state index contributed by atoms with van der Waals surface area (Å²) in [5.74, 6) is 3.73. The first-order valence-electron chi connectivity index (χ1n) is 6.32. The molecule has 0 aromatic carbocycles. The molecule has 0 aromatic heterocycles. The molecule has 0 spiro atoms. The second kappa shape index (κ2) is 4.24. The first kappa shape index (κ1) is 12.1. The summed E-state index contributed by atoms with van der Waals surface area (Å²) in [5.41, 5.74) is 0.486. The predicted octanol–water partition coefficient (Wildman–Crippen LogP) is 4.74. The van der Waals surface area contributed by atoms with E-state index in [1.807, 2.05) is 0 Å². The Morgan fingerprint density at radius 2 is 1.64 bits per heavy atom. The van der Waals surface area contributed by atoms with Crippen LogP contribution in [0.4, 0.5) is 0 Å². The summed E-state index contributed by atoms with van der Waals surface area (Å²) in [6.07, 6.45) is 4.36. The van der Waals surface area contributed by atoms with Gasteiger partial charge in [-0.3, -0.25) is 0 Å². The van der Waals surface area contributed by atoms with E-state index in [4.69, 9.17) is 0 Å². The van der Waals surface area contributed by atoms with Gasteiger partial charge in [-0.15, -0.1) is 0 Å². The normalized spacial score (nSPS) is 36.9. The summed E-state index contributed by atoms with van der Waals surface area (Å²) in [4.78, 5) is 0. The summed E-state index contributed by atoms with van der Waals surface area (Å²) in [5, 5.41) is 0. The lowest BCUT2D eigenvalue weighted by molar-refractivity contribution is 0.0807. The van der Waals surface area contributed by atoms with Crippen LogP contribution in [0.5, 0.6) is 0 Å². The van der Waals surface area contributed by atoms with E-state index < -0.39 is 0 Å². The topological polar surface area (TPSA) is 0 Å². The van der Waals surface area contributed by atoms with Gasteiger partial charge in [-0.2, -0.15) is 0 Å². The van der Waals surface area contributed by atoms with Crippen molar-refractivity contribution in [2.24, 2.45) is 29.1 Å². The summed E-state index contributed by atoms with van der Waals surface area (Å²) in [6.45, 7) is 14.5. The van der Waals surface area contributed by atoms with Crippen LogP contribution in [-0.4, -0.2) is 0 Å². The average Bonchev–Trinajstić information content (AvgIpc) is 2.01. The van der Waals surface area contributed by atoms with Gasteiger partial charge in [0.15, 0.2) is 0 Å². The van der Waals surface area contributed by atoms with Gasteiger partial charge in [-0.25, -0.2) is 0 Å². The molecule has 0 radical (unpaired) electrons. The first-order chi connectivity index (χ1) is 6.32. The minimum Gasteiger partial charge on any atom is -0.0625 e. The van der Waals surface area contributed by atoms with Crippen molar-refractivity contribution in [3.05, 3.63) is 0 Å². The van der Waals surface area contributed by atoms with Crippen LogP contribution in [0.15, 0.2) is 0 Å². The summed E-state index contributed by atoms with van der Waals surface area (Å²) >= 11 is 0. The summed E-state index contributed by atoms with van der Waals surface area (Å²) in [7, 11) is 0. The molecule has 84 valence electrons. The van der Waals surface area contributed by atoms with Crippen LogP contribution in [0.2, 0.25) is 0 Å². The highest BCUT2D eigenvalue weighted by Crippen LogP contribution is 2.43. The average molecular weight is 196 g/mol. The zero-order valence-corrected chi connectivity index (χ0v) is 10.9. The zero-order chi connectivity index (χ0) is 10.9. The van der Waals surface area contributed by atoms with E-state index in [1.54, 1.807) is 0 Å². The van der Waals surface area contributed by atoms with Gasteiger partial charge in [0.2, 0.25) is 0 Å². The Morgan fingerprint density at radius 1 is 1.07 bits per heavy atom. The largest absolute Gasteiger partial charge is 0.0625 e. The molecule has 1 rings (SSSR count). The van der Waals surface area contributed by atoms with Crippen LogP contribution in [0, 0.1) is 29.1 Å². The Morgan fingerprint density at radius 3 is 2.07 bits per heavy atom. The van der Waals surface area contributed by atoms with Crippen molar-refractivity contribution < 1.29 is 0 Å². The third kappa shape index (κ3) is 2.74. The quantitative estimate of drug-likeness (QED) is 0.568. The third-order valence-corrected chi connectivity index (χ3v) is 4.51. The van der Waals surface area contributed by atoms with Crippen LogP contribution < -0.4 is 0 Å². The third-order valence-electron chi connectivity index (χ3n) is 4.51. The van der Waals surface area contributed by atoms with Crippen molar-refractivity contribution in [3.8, 4) is 0 Å². The Labute approximate surface area is 90.5 Å². The van der Waals surface area contributed by atoms with Crippen molar-refractivity contribution in [1.29, 1.82) is 0 Å². The SMILES string of the molecule is CC1CCC(C(C)C(C)(C)C)C(C)C1. The van der Waals surface area contributed by atoms with Crippen LogP contribution in [-0.2, 0) is 0 Å². The van der Waals surface area contributed by atoms with E-state index in [9.17, 15) is 0 Å². The maximum absolute atomic E-state index is 2.46. The molecule has 1 aliphatic rings. The molecule has 0 bridgehead atoms. The van der Waals surface area contributed by atoms with Gasteiger partial charge in [0.1, 0.15) is 0 Å². The van der Waals surface area contributed by atoms with Gasteiger partial charge in [-0.05, 0) is 41.9 Å². The molecule has 14 heavy (non-hydrogen) atoms. The van der Waals surface area contributed by atoms with E-state index in [1.165, 1.54) is 19.3 Å². The Kier molecular flexibility index (Phi) is 3.66. The monoisotopic (exact) mass is 196 g/mol. The molecule has 0 saturated heterocycles. The fraction of sp³-hybridized carbons (Fsp3) is 1.00. The highest BCUT2D eigenvalue weighted by atomic mass is 14.4.